The fraction of sp³-hybridized carbons (Fsp3) is 0. The Bertz CT molecular complexity index is 6.85. The molecule has 0 aromatic carbocycles. The van der Waals surface area contributed by atoms with Crippen LogP contribution in [0.4, 0.5) is 0 Å². The standard InChI is InChI=1S/Al.3Ti.Zr. The summed E-state index contributed by atoms with van der Waals surface area (Å²) in [7, 11) is 0. The first-order valence-electron chi connectivity index (χ1n) is 0. The largest absolute Gasteiger partial charge is 0 e. The van der Waals surface area contributed by atoms with Crippen molar-refractivity contribution in [1.29, 1.82) is 0 Å². The Kier molecular flexibility index (Phi) is 198. The van der Waals surface area contributed by atoms with Gasteiger partial charge in [-0.3, -0.25) is 0 Å². The Morgan fingerprint density at radius 1 is 0.600 bits per heavy atom. The van der Waals surface area contributed by atoms with Crippen LogP contribution in [0.1, 0.15) is 0 Å². The fourth-order valence-corrected chi connectivity index (χ4v) is 0. The zero-order valence-electron chi connectivity index (χ0n) is 2.58. The number of rotatable bonds is 0. The van der Waals surface area contributed by atoms with Crippen LogP contribution in [0, 0.1) is 0 Å². The second kappa shape index (κ2) is 25.7. The zero-order chi connectivity index (χ0) is 0. The van der Waals surface area contributed by atoms with Crippen molar-refractivity contribution in [2.75, 3.05) is 0 Å². The molecule has 19 valence electrons. The minimum atomic E-state index is 0. The minimum absolute atomic E-state index is 0. The van der Waals surface area contributed by atoms with Crippen LogP contribution < -0.4 is 0 Å². The topological polar surface area (TPSA) is 0 Å². The molecule has 3 radical (unpaired) electrons. The van der Waals surface area contributed by atoms with E-state index in [4.69, 9.17) is 0 Å². The van der Waals surface area contributed by atoms with Gasteiger partial charge in [-0.25, -0.2) is 0 Å². The molecule has 0 spiro atoms. The maximum absolute atomic E-state index is 0. The molecule has 5 heavy (non-hydrogen) atoms. The Hall–Kier alpha value is 3.56. The number of hydrogen-bond donors (Lipinski definition) is 0. The van der Waals surface area contributed by atoms with E-state index < -0.39 is 0 Å². The third-order valence-electron chi connectivity index (χ3n) is 0. The quantitative estimate of drug-likeness (QED) is 0.521. The molecule has 0 aliphatic carbocycles. The van der Waals surface area contributed by atoms with E-state index in [-0.39, 0.29) is 109 Å². The van der Waals surface area contributed by atoms with Crippen molar-refractivity contribution in [2.45, 2.75) is 0 Å². The van der Waals surface area contributed by atoms with E-state index in [1.807, 2.05) is 0 Å². The molecule has 5 heteroatoms. The van der Waals surface area contributed by atoms with E-state index in [0.29, 0.717) is 0 Å². The average molecular weight is 262 g/mol. The molecule has 0 bridgehead atoms. The molecule has 0 nitrogen and oxygen atoms in total. The van der Waals surface area contributed by atoms with Crippen LogP contribution in [-0.4, -0.2) is 17.4 Å². The van der Waals surface area contributed by atoms with E-state index in [1.54, 1.807) is 0 Å². The molecule has 0 heterocycles. The van der Waals surface area contributed by atoms with Crippen LogP contribution in [0.25, 0.3) is 0 Å². The third-order valence-corrected chi connectivity index (χ3v) is 0. The van der Waals surface area contributed by atoms with Gasteiger partial charge in [-0.2, -0.15) is 0 Å². The van der Waals surface area contributed by atoms with Gasteiger partial charge in [-0.15, -0.1) is 0 Å². The first kappa shape index (κ1) is 38.6. The normalized spacial score (nSPS) is 0. The van der Waals surface area contributed by atoms with E-state index in [1.165, 1.54) is 0 Å². The van der Waals surface area contributed by atoms with Gasteiger partial charge < -0.3 is 0 Å². The molecule has 0 aromatic rings. The molecular formula is AlTi3Zr. The summed E-state index contributed by atoms with van der Waals surface area (Å²) < 4.78 is 0. The summed E-state index contributed by atoms with van der Waals surface area (Å²) in [6.07, 6.45) is 0. The van der Waals surface area contributed by atoms with Crippen LogP contribution in [-0.2, 0) is 91.4 Å². The Morgan fingerprint density at radius 3 is 0.600 bits per heavy atom. The summed E-state index contributed by atoms with van der Waals surface area (Å²) in [6.45, 7) is 0. The maximum Gasteiger partial charge on any atom is 0 e. The number of hydrogen-bond acceptors (Lipinski definition) is 0. The van der Waals surface area contributed by atoms with Gasteiger partial charge in [0, 0.05) is 109 Å². The molecule has 0 fully saturated rings. The molecular weight excluding hydrogens is 262 g/mol. The monoisotopic (exact) mass is 261 g/mol. The smallest absolute Gasteiger partial charge is 0 e. The van der Waals surface area contributed by atoms with Gasteiger partial charge in [-0.1, -0.05) is 0 Å². The van der Waals surface area contributed by atoms with E-state index in [2.05, 4.69) is 0 Å². The molecule has 0 N–H and O–H groups in total. The molecule has 0 aliphatic rings. The van der Waals surface area contributed by atoms with Crippen LogP contribution >= 0.6 is 0 Å². The van der Waals surface area contributed by atoms with E-state index >= 15 is 0 Å². The summed E-state index contributed by atoms with van der Waals surface area (Å²) in [5, 5.41) is 0. The van der Waals surface area contributed by atoms with Gasteiger partial charge in [0.25, 0.3) is 0 Å². The summed E-state index contributed by atoms with van der Waals surface area (Å²) >= 11 is 0. The summed E-state index contributed by atoms with van der Waals surface area (Å²) in [4.78, 5) is 0. The van der Waals surface area contributed by atoms with Crippen molar-refractivity contribution in [3.63, 3.8) is 0 Å². The van der Waals surface area contributed by atoms with Crippen molar-refractivity contribution in [3.05, 3.63) is 0 Å². The summed E-state index contributed by atoms with van der Waals surface area (Å²) in [6, 6.07) is 0. The predicted octanol–water partition coefficient (Wildman–Crippen LogP) is -0.391. The zero-order valence-corrected chi connectivity index (χ0v) is 10.9. The van der Waals surface area contributed by atoms with Crippen molar-refractivity contribution in [1.82, 2.24) is 0 Å². The second-order valence-electron chi connectivity index (χ2n) is 0. The van der Waals surface area contributed by atoms with Crippen LogP contribution in [0.15, 0.2) is 0 Å². The van der Waals surface area contributed by atoms with Gasteiger partial charge in [0.1, 0.15) is 0 Å². The van der Waals surface area contributed by atoms with Gasteiger partial charge in [0.05, 0.1) is 0 Å². The van der Waals surface area contributed by atoms with Crippen molar-refractivity contribution < 1.29 is 91.4 Å². The molecule has 0 atom stereocenters. The minimum Gasteiger partial charge on any atom is 0 e. The van der Waals surface area contributed by atoms with E-state index in [9.17, 15) is 0 Å². The van der Waals surface area contributed by atoms with Gasteiger partial charge in [0.15, 0.2) is 0 Å². The summed E-state index contributed by atoms with van der Waals surface area (Å²) in [5.41, 5.74) is 0. The fourth-order valence-electron chi connectivity index (χ4n) is 0. The molecule has 0 aromatic heterocycles. The molecule has 0 saturated heterocycles. The van der Waals surface area contributed by atoms with Gasteiger partial charge in [0.2, 0.25) is 0 Å². The predicted molar refractivity (Wildman–Crippen MR) is 5.75 cm³/mol. The van der Waals surface area contributed by atoms with Crippen LogP contribution in [0.2, 0.25) is 0 Å². The molecule has 0 amide bonds. The van der Waals surface area contributed by atoms with Crippen molar-refractivity contribution >= 4 is 17.4 Å². The maximum atomic E-state index is 0. The SMILES string of the molecule is [Al].[Ti].[Ti].[Ti].[Zr]. The van der Waals surface area contributed by atoms with Gasteiger partial charge >= 0.3 is 0 Å². The van der Waals surface area contributed by atoms with E-state index in [0.717, 1.165) is 0 Å². The molecule has 0 unspecified atom stereocenters. The van der Waals surface area contributed by atoms with Gasteiger partial charge in [-0.05, 0) is 0 Å². The van der Waals surface area contributed by atoms with Crippen molar-refractivity contribution in [3.8, 4) is 0 Å². The Balaban J connectivity index is 0. The molecule has 0 rings (SSSR count). The molecule has 0 aliphatic heterocycles. The van der Waals surface area contributed by atoms with Crippen molar-refractivity contribution in [2.24, 2.45) is 0 Å². The van der Waals surface area contributed by atoms with Crippen LogP contribution in [0.3, 0.4) is 0 Å². The van der Waals surface area contributed by atoms with Crippen LogP contribution in [0.5, 0.6) is 0 Å². The average Bonchev–Trinajstić information content (AvgIpc) is 0. The first-order chi connectivity index (χ1) is 0. The molecule has 0 saturated carbocycles. The Morgan fingerprint density at radius 2 is 0.600 bits per heavy atom. The Labute approximate surface area is 107 Å². The summed E-state index contributed by atoms with van der Waals surface area (Å²) in [5.74, 6) is 0. The third kappa shape index (κ3) is 18.4. The second-order valence-corrected chi connectivity index (χ2v) is 0. The first-order valence-corrected chi connectivity index (χ1v) is 0.